The van der Waals surface area contributed by atoms with E-state index in [2.05, 4.69) is 6.92 Å². The largest absolute Gasteiger partial charge is 0.480 e. The lowest BCUT2D eigenvalue weighted by Crippen LogP contribution is -2.14. The van der Waals surface area contributed by atoms with E-state index < -0.39 is 5.97 Å². The molecule has 5 heteroatoms. The van der Waals surface area contributed by atoms with Crippen molar-refractivity contribution in [3.63, 3.8) is 0 Å². The molecule has 1 N–H and O–H groups in total. The van der Waals surface area contributed by atoms with Crippen molar-refractivity contribution in [3.05, 3.63) is 0 Å². The molecule has 2 nitrogen and oxygen atoms in total. The van der Waals surface area contributed by atoms with Crippen molar-refractivity contribution < 1.29 is 9.90 Å². The molecular weight excluding hydrogens is 332 g/mol. The highest BCUT2D eigenvalue weighted by Crippen LogP contribution is 2.39. The summed E-state index contributed by atoms with van der Waals surface area (Å²) in [5.74, 6) is 0.478. The van der Waals surface area contributed by atoms with Crippen LogP contribution < -0.4 is 0 Å². The fourth-order valence-corrected chi connectivity index (χ4v) is 6.70. The second kappa shape index (κ2) is 17.9. The van der Waals surface area contributed by atoms with Gasteiger partial charge in [-0.05, 0) is 22.7 Å². The molecule has 0 saturated carbocycles. The maximum atomic E-state index is 11.0. The molecule has 0 spiro atoms. The number of hydrogen-bond donors (Lipinski definition) is 1. The zero-order chi connectivity index (χ0) is 16.5. The van der Waals surface area contributed by atoms with Crippen LogP contribution in [0.4, 0.5) is 0 Å². The molecule has 0 amide bonds. The van der Waals surface area contributed by atoms with Gasteiger partial charge in [-0.3, -0.25) is 4.79 Å². The number of rotatable bonds is 17. The van der Waals surface area contributed by atoms with Gasteiger partial charge in [-0.1, -0.05) is 99.6 Å². The number of carbonyl (C=O) groups is 1. The van der Waals surface area contributed by atoms with Gasteiger partial charge in [0, 0.05) is 5.75 Å². The van der Waals surface area contributed by atoms with Crippen molar-refractivity contribution in [1.82, 2.24) is 0 Å². The number of aliphatic carboxylic acids is 1. The fraction of sp³-hybridized carbons (Fsp3) is 0.941. The summed E-state index contributed by atoms with van der Waals surface area (Å²) < 4.78 is 0. The molecule has 132 valence electrons. The summed E-state index contributed by atoms with van der Waals surface area (Å²) in [6.45, 7) is 4.30. The molecule has 0 rings (SSSR count). The third kappa shape index (κ3) is 15.4. The quantitative estimate of drug-likeness (QED) is 0.218. The number of carboxylic acids is 1. The first-order valence-corrected chi connectivity index (χ1v) is 12.6. The second-order valence-corrected chi connectivity index (χ2v) is 10.2. The Balaban J connectivity index is 3.21. The van der Waals surface area contributed by atoms with Gasteiger partial charge in [0.1, 0.15) is 5.25 Å². The van der Waals surface area contributed by atoms with E-state index in [4.69, 9.17) is 5.11 Å². The van der Waals surface area contributed by atoms with Gasteiger partial charge in [0.25, 0.3) is 0 Å². The summed E-state index contributed by atoms with van der Waals surface area (Å²) in [5, 5.41) is 8.81. The molecule has 0 aliphatic rings. The molecule has 0 heterocycles. The number of unbranched alkanes of at least 4 members (excludes halogenated alkanes) is 9. The van der Waals surface area contributed by atoms with Gasteiger partial charge in [-0.25, -0.2) is 0 Å². The molecular formula is C17H34O2S3. The van der Waals surface area contributed by atoms with Crippen molar-refractivity contribution in [3.8, 4) is 0 Å². The minimum atomic E-state index is -0.668. The standard InChI is InChI=1S/C17H34O2S3/c1-3-5-6-7-8-9-10-11-12-13-15-20-22-21-16(14-4-2)17(18)19/h16H,3-15H2,1-2H3,(H,18,19). The van der Waals surface area contributed by atoms with E-state index >= 15 is 0 Å². The van der Waals surface area contributed by atoms with E-state index in [-0.39, 0.29) is 5.25 Å². The van der Waals surface area contributed by atoms with E-state index in [0.717, 1.165) is 18.6 Å². The minimum Gasteiger partial charge on any atom is -0.480 e. The number of hydrogen-bond acceptors (Lipinski definition) is 4. The topological polar surface area (TPSA) is 37.3 Å². The Morgan fingerprint density at radius 1 is 0.864 bits per heavy atom. The Kier molecular flexibility index (Phi) is 18.3. The monoisotopic (exact) mass is 366 g/mol. The average Bonchev–Trinajstić information content (AvgIpc) is 2.50. The highest BCUT2D eigenvalue weighted by molar-refractivity contribution is 9.09. The third-order valence-corrected chi connectivity index (χ3v) is 8.21. The van der Waals surface area contributed by atoms with Crippen molar-refractivity contribution in [2.45, 2.75) is 96.1 Å². The van der Waals surface area contributed by atoms with Crippen molar-refractivity contribution >= 4 is 37.4 Å². The van der Waals surface area contributed by atoms with Crippen LogP contribution in [-0.2, 0) is 4.79 Å². The SMILES string of the molecule is CCCCCCCCCCCCSSSC(CCC)C(=O)O. The van der Waals surface area contributed by atoms with Crippen LogP contribution in [0.5, 0.6) is 0 Å². The van der Waals surface area contributed by atoms with Crippen LogP contribution in [0.1, 0.15) is 90.9 Å². The van der Waals surface area contributed by atoms with Crippen LogP contribution in [-0.4, -0.2) is 22.1 Å². The summed E-state index contributed by atoms with van der Waals surface area (Å²) in [4.78, 5) is 11.0. The lowest BCUT2D eigenvalue weighted by molar-refractivity contribution is -0.136. The zero-order valence-electron chi connectivity index (χ0n) is 14.3. The van der Waals surface area contributed by atoms with Crippen LogP contribution in [0.25, 0.3) is 0 Å². The van der Waals surface area contributed by atoms with E-state index in [1.165, 1.54) is 75.0 Å². The van der Waals surface area contributed by atoms with Crippen LogP contribution in [0.2, 0.25) is 0 Å². The Hall–Kier alpha value is 0.520. The predicted molar refractivity (Wildman–Crippen MR) is 106 cm³/mol. The first kappa shape index (κ1) is 22.5. The van der Waals surface area contributed by atoms with Crippen molar-refractivity contribution in [2.75, 3.05) is 5.75 Å². The van der Waals surface area contributed by atoms with E-state index in [9.17, 15) is 4.79 Å². The minimum absolute atomic E-state index is 0.241. The molecule has 22 heavy (non-hydrogen) atoms. The van der Waals surface area contributed by atoms with Gasteiger partial charge in [-0.2, -0.15) is 0 Å². The first-order chi connectivity index (χ1) is 10.7. The smallest absolute Gasteiger partial charge is 0.317 e. The van der Waals surface area contributed by atoms with Crippen molar-refractivity contribution in [2.24, 2.45) is 0 Å². The fourth-order valence-electron chi connectivity index (χ4n) is 2.23. The second-order valence-electron chi connectivity index (χ2n) is 5.78. The Labute approximate surface area is 149 Å². The van der Waals surface area contributed by atoms with Gasteiger partial charge >= 0.3 is 5.97 Å². The van der Waals surface area contributed by atoms with Crippen LogP contribution in [0.15, 0.2) is 0 Å². The van der Waals surface area contributed by atoms with Gasteiger partial charge in [0.05, 0.1) is 0 Å². The van der Waals surface area contributed by atoms with Gasteiger partial charge in [0.2, 0.25) is 0 Å². The summed E-state index contributed by atoms with van der Waals surface area (Å²) in [5.41, 5.74) is 0. The highest BCUT2D eigenvalue weighted by Gasteiger charge is 2.17. The Morgan fingerprint density at radius 2 is 1.41 bits per heavy atom. The Bertz CT molecular complexity index is 250. The predicted octanol–water partition coefficient (Wildman–Crippen LogP) is 7.19. The normalized spacial score (nSPS) is 12.5. The zero-order valence-corrected chi connectivity index (χ0v) is 16.8. The van der Waals surface area contributed by atoms with Crippen LogP contribution in [0.3, 0.4) is 0 Å². The van der Waals surface area contributed by atoms with Gasteiger partial charge in [-0.15, -0.1) is 0 Å². The maximum absolute atomic E-state index is 11.0. The third-order valence-electron chi connectivity index (χ3n) is 3.61. The molecule has 0 aromatic rings. The summed E-state index contributed by atoms with van der Waals surface area (Å²) in [6, 6.07) is 0. The molecule has 0 radical (unpaired) electrons. The highest BCUT2D eigenvalue weighted by atomic mass is 33.5. The molecule has 1 unspecified atom stereocenters. The van der Waals surface area contributed by atoms with Gasteiger partial charge in [0.15, 0.2) is 0 Å². The lowest BCUT2D eigenvalue weighted by Gasteiger charge is -2.09. The molecule has 1 atom stereocenters. The molecule has 0 bridgehead atoms. The number of carboxylic acid groups (broad SMARTS) is 1. The molecule has 0 fully saturated rings. The average molecular weight is 367 g/mol. The summed E-state index contributed by atoms with van der Waals surface area (Å²) in [7, 11) is 5.00. The van der Waals surface area contributed by atoms with Crippen LogP contribution in [0, 0.1) is 0 Å². The van der Waals surface area contributed by atoms with E-state index in [1.807, 2.05) is 17.7 Å². The van der Waals surface area contributed by atoms with Crippen molar-refractivity contribution in [1.29, 1.82) is 0 Å². The molecule has 0 aliphatic carbocycles. The summed E-state index contributed by atoms with van der Waals surface area (Å²) in [6.07, 6.45) is 15.4. The van der Waals surface area contributed by atoms with E-state index in [1.54, 1.807) is 9.83 Å². The molecule has 0 aliphatic heterocycles. The Morgan fingerprint density at radius 3 is 1.91 bits per heavy atom. The molecule has 0 aromatic heterocycles. The summed E-state index contributed by atoms with van der Waals surface area (Å²) >= 11 is 0. The lowest BCUT2D eigenvalue weighted by atomic mass is 10.1. The maximum Gasteiger partial charge on any atom is 0.317 e. The van der Waals surface area contributed by atoms with Crippen LogP contribution >= 0.6 is 31.4 Å². The molecule has 0 aromatic carbocycles. The van der Waals surface area contributed by atoms with Gasteiger partial charge < -0.3 is 5.11 Å². The first-order valence-electron chi connectivity index (χ1n) is 8.90. The molecule has 0 saturated heterocycles. The van der Waals surface area contributed by atoms with E-state index in [0.29, 0.717) is 0 Å².